The fourth-order valence-corrected chi connectivity index (χ4v) is 5.41. The molecule has 0 bridgehead atoms. The van der Waals surface area contributed by atoms with Gasteiger partial charge in [-0.25, -0.2) is 4.57 Å². The van der Waals surface area contributed by atoms with Gasteiger partial charge in [-0.1, -0.05) is 116 Å². The molecule has 0 radical (unpaired) electrons. The van der Waals surface area contributed by atoms with Gasteiger partial charge < -0.3 is 19.8 Å². The molecule has 0 spiro atoms. The summed E-state index contributed by atoms with van der Waals surface area (Å²) in [7, 11) is 1.60. The zero-order valence-electron chi connectivity index (χ0n) is 28.0. The van der Waals surface area contributed by atoms with Gasteiger partial charge in [0, 0.05) is 6.42 Å². The number of hydrogen-bond donors (Lipinski definition) is 3. The van der Waals surface area contributed by atoms with Crippen molar-refractivity contribution in [3.63, 3.8) is 0 Å². The number of quaternary nitrogens is 1. The first kappa shape index (κ1) is 41.2. The molecule has 8 nitrogen and oxygen atoms in total. The smallest absolute Gasteiger partial charge is 0.391 e. The average Bonchev–Trinajstić information content (AvgIpc) is 2.92. The van der Waals surface area contributed by atoms with E-state index in [4.69, 9.17) is 9.05 Å². The van der Waals surface area contributed by atoms with Gasteiger partial charge in [0.25, 0.3) is 0 Å². The Morgan fingerprint density at radius 2 is 1.31 bits per heavy atom. The fraction of sp³-hybridized carbons (Fsp3) is 0.909. The number of allylic oxidation sites excluding steroid dienone is 2. The van der Waals surface area contributed by atoms with Crippen molar-refractivity contribution in [3.8, 4) is 0 Å². The van der Waals surface area contributed by atoms with Crippen molar-refractivity contribution in [2.24, 2.45) is 0 Å². The fourth-order valence-electron chi connectivity index (χ4n) is 4.67. The Bertz CT molecular complexity index is 713. The minimum absolute atomic E-state index is 0.0739. The highest BCUT2D eigenvalue weighted by Crippen LogP contribution is 2.43. The first-order valence-electron chi connectivity index (χ1n) is 17.1. The number of nitrogens with one attached hydrogen (secondary N) is 1. The van der Waals surface area contributed by atoms with E-state index in [1.54, 1.807) is 0 Å². The molecular formula is C33H68N2O6P+. The van der Waals surface area contributed by atoms with Gasteiger partial charge in [0.15, 0.2) is 0 Å². The van der Waals surface area contributed by atoms with Crippen LogP contribution in [-0.2, 0) is 18.4 Å². The highest BCUT2D eigenvalue weighted by Gasteiger charge is 2.28. The predicted molar refractivity (Wildman–Crippen MR) is 175 cm³/mol. The topological polar surface area (TPSA) is 105 Å². The molecule has 0 heterocycles. The average molecular weight is 620 g/mol. The normalized spacial score (nSPS) is 15.1. The SMILES string of the molecule is CCCC/C=C\CCCCCCCC(=O)NC(COP(=O)(O)OCC[N+](C)(C)C)C(O)CCCCCCCCCCC. The minimum Gasteiger partial charge on any atom is -0.391 e. The lowest BCUT2D eigenvalue weighted by Gasteiger charge is -2.26. The molecule has 0 aromatic carbocycles. The van der Waals surface area contributed by atoms with Crippen molar-refractivity contribution < 1.29 is 32.9 Å². The second-order valence-electron chi connectivity index (χ2n) is 12.9. The van der Waals surface area contributed by atoms with Crippen molar-refractivity contribution >= 4 is 13.7 Å². The molecule has 0 aliphatic rings. The zero-order chi connectivity index (χ0) is 31.5. The van der Waals surface area contributed by atoms with E-state index >= 15 is 0 Å². The molecule has 0 fully saturated rings. The molecule has 3 unspecified atom stereocenters. The lowest BCUT2D eigenvalue weighted by Crippen LogP contribution is -2.46. The van der Waals surface area contributed by atoms with Crippen molar-refractivity contribution in [2.75, 3.05) is 40.9 Å². The van der Waals surface area contributed by atoms with Gasteiger partial charge in [-0.2, -0.15) is 0 Å². The number of amides is 1. The Labute approximate surface area is 259 Å². The Morgan fingerprint density at radius 1 is 0.786 bits per heavy atom. The number of carbonyl (C=O) groups is 1. The van der Waals surface area contributed by atoms with Crippen molar-refractivity contribution in [1.29, 1.82) is 0 Å². The Hall–Kier alpha value is -0.760. The van der Waals surface area contributed by atoms with Gasteiger partial charge in [-0.3, -0.25) is 13.8 Å². The second-order valence-corrected chi connectivity index (χ2v) is 14.3. The number of hydrogen-bond acceptors (Lipinski definition) is 5. The molecule has 3 N–H and O–H groups in total. The Kier molecular flexibility index (Phi) is 26.1. The highest BCUT2D eigenvalue weighted by atomic mass is 31.2. The summed E-state index contributed by atoms with van der Waals surface area (Å²) in [6, 6.07) is -0.756. The van der Waals surface area contributed by atoms with Gasteiger partial charge in [-0.15, -0.1) is 0 Å². The molecule has 250 valence electrons. The maximum Gasteiger partial charge on any atom is 0.472 e. The number of phosphoric ester groups is 1. The van der Waals surface area contributed by atoms with Crippen LogP contribution in [-0.4, -0.2) is 73.4 Å². The van der Waals surface area contributed by atoms with Crippen LogP contribution < -0.4 is 5.32 Å². The monoisotopic (exact) mass is 619 g/mol. The van der Waals surface area contributed by atoms with Gasteiger partial charge in [0.05, 0.1) is 39.9 Å². The van der Waals surface area contributed by atoms with E-state index in [0.717, 1.165) is 51.4 Å². The summed E-state index contributed by atoms with van der Waals surface area (Å²) in [5.74, 6) is -0.160. The summed E-state index contributed by atoms with van der Waals surface area (Å²) in [6.45, 7) is 4.78. The first-order valence-corrected chi connectivity index (χ1v) is 18.5. The van der Waals surface area contributed by atoms with Crippen LogP contribution >= 0.6 is 7.82 Å². The van der Waals surface area contributed by atoms with Gasteiger partial charge >= 0.3 is 7.82 Å². The molecule has 3 atom stereocenters. The Balaban J connectivity index is 4.55. The molecule has 0 saturated heterocycles. The Morgan fingerprint density at radius 3 is 1.90 bits per heavy atom. The second kappa shape index (κ2) is 26.6. The maximum atomic E-state index is 12.7. The van der Waals surface area contributed by atoms with Crippen molar-refractivity contribution in [3.05, 3.63) is 12.2 Å². The number of carbonyl (C=O) groups excluding carboxylic acids is 1. The van der Waals surface area contributed by atoms with E-state index in [1.165, 1.54) is 64.2 Å². The lowest BCUT2D eigenvalue weighted by molar-refractivity contribution is -0.870. The summed E-state index contributed by atoms with van der Waals surface area (Å²) >= 11 is 0. The van der Waals surface area contributed by atoms with E-state index in [9.17, 15) is 19.4 Å². The third-order valence-corrected chi connectivity index (χ3v) is 8.50. The minimum atomic E-state index is -4.29. The molecule has 1 amide bonds. The van der Waals surface area contributed by atoms with Crippen LogP contribution in [0.15, 0.2) is 12.2 Å². The third kappa shape index (κ3) is 28.0. The van der Waals surface area contributed by atoms with Crippen molar-refractivity contribution in [2.45, 2.75) is 154 Å². The summed E-state index contributed by atoms with van der Waals surface area (Å²) in [5.41, 5.74) is 0. The molecule has 0 rings (SSSR count). The summed E-state index contributed by atoms with van der Waals surface area (Å²) in [6.07, 6.45) is 25.2. The predicted octanol–water partition coefficient (Wildman–Crippen LogP) is 8.07. The van der Waals surface area contributed by atoms with Crippen LogP contribution in [0.3, 0.4) is 0 Å². The first-order chi connectivity index (χ1) is 20.0. The molecule has 0 aliphatic heterocycles. The standard InChI is InChI=1S/C33H67N2O6P/c1-6-8-10-12-14-16-17-19-21-23-25-27-33(37)34-31(30-41-42(38,39)40-29-28-35(3,4)5)32(36)26-24-22-20-18-15-13-11-9-7-2/h12,14,31-32,36H,6-11,13,15-30H2,1-5H3,(H-,34,37,38,39)/p+1/b14-12-. The number of phosphoric acid groups is 1. The van der Waals surface area contributed by atoms with E-state index in [2.05, 4.69) is 31.3 Å². The summed E-state index contributed by atoms with van der Waals surface area (Å²) in [5, 5.41) is 13.8. The molecule has 0 aromatic rings. The van der Waals surface area contributed by atoms with Crippen molar-refractivity contribution in [1.82, 2.24) is 5.32 Å². The van der Waals surface area contributed by atoms with Crippen LogP contribution in [0.1, 0.15) is 142 Å². The van der Waals surface area contributed by atoms with Gasteiger partial charge in [-0.05, 0) is 32.1 Å². The lowest BCUT2D eigenvalue weighted by atomic mass is 10.0. The van der Waals surface area contributed by atoms with E-state index in [-0.39, 0.29) is 19.1 Å². The zero-order valence-corrected chi connectivity index (χ0v) is 28.9. The number of unbranched alkanes of at least 4 members (excludes halogenated alkanes) is 15. The molecule has 0 aliphatic carbocycles. The van der Waals surface area contributed by atoms with E-state index < -0.39 is 20.0 Å². The number of rotatable bonds is 30. The molecule has 0 aromatic heterocycles. The van der Waals surface area contributed by atoms with Crippen LogP contribution in [0.4, 0.5) is 0 Å². The van der Waals surface area contributed by atoms with Crippen LogP contribution in [0.25, 0.3) is 0 Å². The third-order valence-electron chi connectivity index (χ3n) is 7.51. The molecular weight excluding hydrogens is 551 g/mol. The van der Waals surface area contributed by atoms with Crippen LogP contribution in [0, 0.1) is 0 Å². The maximum absolute atomic E-state index is 12.7. The number of aliphatic hydroxyl groups excluding tert-OH is 1. The number of likely N-dealkylation sites (N-methyl/N-ethyl adjacent to an activating group) is 1. The van der Waals surface area contributed by atoms with E-state index in [0.29, 0.717) is 23.9 Å². The summed E-state index contributed by atoms with van der Waals surface area (Å²) in [4.78, 5) is 22.8. The van der Waals surface area contributed by atoms with Crippen LogP contribution in [0.5, 0.6) is 0 Å². The summed E-state index contributed by atoms with van der Waals surface area (Å²) < 4.78 is 23.4. The van der Waals surface area contributed by atoms with Crippen LogP contribution in [0.2, 0.25) is 0 Å². The molecule has 42 heavy (non-hydrogen) atoms. The quantitative estimate of drug-likeness (QED) is 0.0325. The van der Waals surface area contributed by atoms with Gasteiger partial charge in [0.2, 0.25) is 5.91 Å². The highest BCUT2D eigenvalue weighted by molar-refractivity contribution is 7.47. The largest absolute Gasteiger partial charge is 0.472 e. The number of aliphatic hydroxyl groups is 1. The molecule has 9 heteroatoms. The van der Waals surface area contributed by atoms with Gasteiger partial charge in [0.1, 0.15) is 13.2 Å². The van der Waals surface area contributed by atoms with E-state index in [1.807, 2.05) is 21.1 Å². The molecule has 0 saturated carbocycles. The number of nitrogens with zero attached hydrogens (tertiary/aromatic N) is 1.